The van der Waals surface area contributed by atoms with Gasteiger partial charge in [0, 0.05) is 37.0 Å². The van der Waals surface area contributed by atoms with Crippen LogP contribution in [0.15, 0.2) is 66.9 Å². The molecule has 0 radical (unpaired) electrons. The summed E-state index contributed by atoms with van der Waals surface area (Å²) in [4.78, 5) is 32.5. The van der Waals surface area contributed by atoms with E-state index in [0.29, 0.717) is 11.3 Å². The third-order valence-corrected chi connectivity index (χ3v) is 5.95. The van der Waals surface area contributed by atoms with Crippen molar-refractivity contribution < 1.29 is 14.3 Å². The quantitative estimate of drug-likeness (QED) is 0.415. The Morgan fingerprint density at radius 3 is 2.34 bits per heavy atom. The number of piperidine rings is 1. The minimum absolute atomic E-state index is 0.0554. The molecule has 0 aliphatic carbocycles. The lowest BCUT2D eigenvalue weighted by Gasteiger charge is -2.27. The number of nitrogens with zero attached hydrogens (tertiary/aromatic N) is 2. The molecule has 1 aliphatic heterocycles. The van der Waals surface area contributed by atoms with E-state index in [0.717, 1.165) is 35.6 Å². The van der Waals surface area contributed by atoms with E-state index >= 15 is 0 Å². The van der Waals surface area contributed by atoms with E-state index in [9.17, 15) is 9.59 Å². The first-order chi connectivity index (χ1) is 16.8. The van der Waals surface area contributed by atoms with Crippen LogP contribution in [0.25, 0.3) is 11.1 Å². The molecule has 0 unspecified atom stereocenters. The SMILES string of the molecule is CC(C)(C)OC(=O)Nc1ccc(-c2ccccc2)cc1CC(=O)c1ccc(N2CCCCC2)nc1. The van der Waals surface area contributed by atoms with Crippen LogP contribution in [0.1, 0.15) is 56.0 Å². The molecule has 1 aromatic heterocycles. The number of hydrogen-bond acceptors (Lipinski definition) is 5. The largest absolute Gasteiger partial charge is 0.444 e. The van der Waals surface area contributed by atoms with E-state index in [1.54, 1.807) is 6.20 Å². The molecule has 0 atom stereocenters. The predicted octanol–water partition coefficient (Wildman–Crippen LogP) is 6.51. The van der Waals surface area contributed by atoms with Crippen LogP contribution in [0, 0.1) is 0 Å². The Morgan fingerprint density at radius 1 is 0.943 bits per heavy atom. The number of nitrogens with one attached hydrogen (secondary N) is 1. The second-order valence-electron chi connectivity index (χ2n) is 9.92. The van der Waals surface area contributed by atoms with E-state index < -0.39 is 11.7 Å². The Bertz CT molecular complexity index is 1160. The summed E-state index contributed by atoms with van der Waals surface area (Å²) in [6.07, 6.45) is 4.85. The fourth-order valence-corrected chi connectivity index (χ4v) is 4.22. The maximum atomic E-state index is 13.2. The molecule has 4 rings (SSSR count). The van der Waals surface area contributed by atoms with Gasteiger partial charge in [0.1, 0.15) is 11.4 Å². The maximum Gasteiger partial charge on any atom is 0.412 e. The number of ketones is 1. The first kappa shape index (κ1) is 24.5. The summed E-state index contributed by atoms with van der Waals surface area (Å²) in [5, 5.41) is 2.82. The van der Waals surface area contributed by atoms with Crippen LogP contribution in [0.5, 0.6) is 0 Å². The van der Waals surface area contributed by atoms with Crippen LogP contribution in [-0.4, -0.2) is 35.6 Å². The highest BCUT2D eigenvalue weighted by atomic mass is 16.6. The molecule has 0 saturated carbocycles. The zero-order chi connectivity index (χ0) is 24.8. The lowest BCUT2D eigenvalue weighted by molar-refractivity contribution is 0.0635. The molecule has 0 spiro atoms. The van der Waals surface area contributed by atoms with Crippen molar-refractivity contribution in [3.05, 3.63) is 78.0 Å². The number of carbonyl (C=O) groups excluding carboxylic acids is 2. The lowest BCUT2D eigenvalue weighted by atomic mass is 9.97. The van der Waals surface area contributed by atoms with Gasteiger partial charge in [0.05, 0.1) is 0 Å². The smallest absolute Gasteiger partial charge is 0.412 e. The lowest BCUT2D eigenvalue weighted by Crippen LogP contribution is -2.30. The number of Topliss-reactive ketones (excluding diaryl/α,β-unsaturated/α-hetero) is 1. The van der Waals surface area contributed by atoms with Gasteiger partial charge in [-0.1, -0.05) is 36.4 Å². The zero-order valence-electron chi connectivity index (χ0n) is 20.7. The van der Waals surface area contributed by atoms with Crippen LogP contribution in [0.4, 0.5) is 16.3 Å². The molecule has 1 aliphatic rings. The fraction of sp³-hybridized carbons (Fsp3) is 0.345. The van der Waals surface area contributed by atoms with Crippen molar-refractivity contribution in [3.63, 3.8) is 0 Å². The van der Waals surface area contributed by atoms with Crippen LogP contribution in [-0.2, 0) is 11.2 Å². The standard InChI is InChI=1S/C29H33N3O3/c1-29(2,3)35-28(34)31-25-14-12-22(21-10-6-4-7-11-21)18-24(25)19-26(33)23-13-15-27(30-20-23)32-16-8-5-9-17-32/h4,6-7,10-15,18,20H,5,8-9,16-17,19H2,1-3H3,(H,31,34). The summed E-state index contributed by atoms with van der Waals surface area (Å²) < 4.78 is 5.42. The van der Waals surface area contributed by atoms with Crippen LogP contribution in [0.3, 0.4) is 0 Å². The van der Waals surface area contributed by atoms with E-state index in [1.807, 2.05) is 81.4 Å². The number of anilines is 2. The summed E-state index contributed by atoms with van der Waals surface area (Å²) in [7, 11) is 0. The summed E-state index contributed by atoms with van der Waals surface area (Å²) in [6, 6.07) is 19.4. The number of hydrogen-bond donors (Lipinski definition) is 1. The van der Waals surface area contributed by atoms with Crippen molar-refractivity contribution in [2.24, 2.45) is 0 Å². The van der Waals surface area contributed by atoms with E-state index in [-0.39, 0.29) is 12.2 Å². The number of benzene rings is 2. The number of aromatic nitrogens is 1. The first-order valence-electron chi connectivity index (χ1n) is 12.2. The third kappa shape index (κ3) is 6.69. The predicted molar refractivity (Wildman–Crippen MR) is 140 cm³/mol. The Kier molecular flexibility index (Phi) is 7.49. The molecule has 1 saturated heterocycles. The summed E-state index contributed by atoms with van der Waals surface area (Å²) in [6.45, 7) is 7.46. The minimum Gasteiger partial charge on any atom is -0.444 e. The highest BCUT2D eigenvalue weighted by Gasteiger charge is 2.19. The van der Waals surface area contributed by atoms with Crippen LogP contribution in [0.2, 0.25) is 0 Å². The molecule has 182 valence electrons. The molecule has 1 fully saturated rings. The molecule has 6 heteroatoms. The van der Waals surface area contributed by atoms with E-state index in [2.05, 4.69) is 15.2 Å². The molecule has 1 amide bonds. The molecule has 2 aromatic carbocycles. The number of ether oxygens (including phenoxy) is 1. The van der Waals surface area contributed by atoms with Crippen LogP contribution >= 0.6 is 0 Å². The molecule has 1 N–H and O–H groups in total. The van der Waals surface area contributed by atoms with Crippen molar-refractivity contribution >= 4 is 23.4 Å². The molecule has 3 aromatic rings. The monoisotopic (exact) mass is 471 g/mol. The van der Waals surface area contributed by atoms with Gasteiger partial charge in [-0.05, 0) is 81.0 Å². The minimum atomic E-state index is -0.619. The van der Waals surface area contributed by atoms with E-state index in [1.165, 1.54) is 19.3 Å². The highest BCUT2D eigenvalue weighted by molar-refractivity contribution is 5.99. The van der Waals surface area contributed by atoms with Gasteiger partial charge in [-0.2, -0.15) is 0 Å². The Hall–Kier alpha value is -3.67. The van der Waals surface area contributed by atoms with Crippen LogP contribution < -0.4 is 10.2 Å². The topological polar surface area (TPSA) is 71.5 Å². The average molecular weight is 472 g/mol. The Balaban J connectivity index is 1.56. The maximum absolute atomic E-state index is 13.2. The zero-order valence-corrected chi connectivity index (χ0v) is 20.7. The van der Waals surface area contributed by atoms with Gasteiger partial charge in [-0.3, -0.25) is 10.1 Å². The molecule has 35 heavy (non-hydrogen) atoms. The van der Waals surface area contributed by atoms with Gasteiger partial charge in [0.25, 0.3) is 0 Å². The summed E-state index contributed by atoms with van der Waals surface area (Å²) in [5.41, 5.74) is 3.23. The highest BCUT2D eigenvalue weighted by Crippen LogP contribution is 2.27. The van der Waals surface area contributed by atoms with Crippen molar-refractivity contribution in [2.45, 2.75) is 52.1 Å². The number of amides is 1. The second kappa shape index (κ2) is 10.7. The molecule has 2 heterocycles. The average Bonchev–Trinajstić information content (AvgIpc) is 2.85. The second-order valence-corrected chi connectivity index (χ2v) is 9.92. The number of rotatable bonds is 6. The van der Waals surface area contributed by atoms with Crippen molar-refractivity contribution in [3.8, 4) is 11.1 Å². The molecule has 0 bridgehead atoms. The van der Waals surface area contributed by atoms with Crippen molar-refractivity contribution in [2.75, 3.05) is 23.3 Å². The first-order valence-corrected chi connectivity index (χ1v) is 12.2. The van der Waals surface area contributed by atoms with Crippen molar-refractivity contribution in [1.82, 2.24) is 4.98 Å². The Morgan fingerprint density at radius 2 is 1.69 bits per heavy atom. The number of pyridine rings is 1. The third-order valence-electron chi connectivity index (χ3n) is 5.95. The molecular weight excluding hydrogens is 438 g/mol. The van der Waals surface area contributed by atoms with Crippen molar-refractivity contribution in [1.29, 1.82) is 0 Å². The summed E-state index contributed by atoms with van der Waals surface area (Å²) in [5.74, 6) is 0.861. The number of carbonyl (C=O) groups is 2. The normalized spacial score (nSPS) is 13.9. The van der Waals surface area contributed by atoms with Gasteiger partial charge in [0.15, 0.2) is 5.78 Å². The van der Waals surface area contributed by atoms with Gasteiger partial charge in [0.2, 0.25) is 0 Å². The van der Waals surface area contributed by atoms with Gasteiger partial charge in [-0.15, -0.1) is 0 Å². The fourth-order valence-electron chi connectivity index (χ4n) is 4.22. The van der Waals surface area contributed by atoms with Gasteiger partial charge < -0.3 is 9.64 Å². The van der Waals surface area contributed by atoms with E-state index in [4.69, 9.17) is 4.74 Å². The molecular formula is C29H33N3O3. The van der Waals surface area contributed by atoms with Gasteiger partial charge in [-0.25, -0.2) is 9.78 Å². The summed E-state index contributed by atoms with van der Waals surface area (Å²) >= 11 is 0. The molecule has 6 nitrogen and oxygen atoms in total. The Labute approximate surface area is 207 Å². The van der Waals surface area contributed by atoms with Gasteiger partial charge >= 0.3 is 6.09 Å².